The predicted octanol–water partition coefficient (Wildman–Crippen LogP) is 2.36. The molecule has 29 heavy (non-hydrogen) atoms. The van der Waals surface area contributed by atoms with Gasteiger partial charge < -0.3 is 24.8 Å². The van der Waals surface area contributed by atoms with Gasteiger partial charge in [0.1, 0.15) is 16.3 Å². The van der Waals surface area contributed by atoms with Crippen LogP contribution in [0.1, 0.15) is 22.5 Å². The molecule has 154 valence electrons. The number of carbonyl (C=O) groups is 2. The predicted molar refractivity (Wildman–Crippen MR) is 104 cm³/mol. The molecular weight excluding hydrogens is 404 g/mol. The molecule has 2 heterocycles. The number of rotatable bonds is 6. The van der Waals surface area contributed by atoms with Crippen molar-refractivity contribution in [2.45, 2.75) is 13.3 Å². The summed E-state index contributed by atoms with van der Waals surface area (Å²) in [4.78, 5) is 35.2. The largest absolute Gasteiger partial charge is 0.489 e. The number of nitro groups is 1. The molecular formula is C17H18N4O7S. The minimum Gasteiger partial charge on any atom is -0.489 e. The number of benzene rings is 1. The number of amides is 1. The summed E-state index contributed by atoms with van der Waals surface area (Å²) in [6.45, 7) is 1.78. The van der Waals surface area contributed by atoms with E-state index in [4.69, 9.17) is 14.2 Å². The molecule has 2 N–H and O–H groups in total. The van der Waals surface area contributed by atoms with Gasteiger partial charge in [-0.1, -0.05) is 0 Å². The van der Waals surface area contributed by atoms with E-state index >= 15 is 0 Å². The van der Waals surface area contributed by atoms with Gasteiger partial charge in [0.2, 0.25) is 0 Å². The molecule has 3 rings (SSSR count). The first-order valence-corrected chi connectivity index (χ1v) is 9.37. The Kier molecular flexibility index (Phi) is 6.12. The van der Waals surface area contributed by atoms with Crippen molar-refractivity contribution in [2.75, 3.05) is 37.5 Å². The lowest BCUT2D eigenvalue weighted by molar-refractivity contribution is -0.384. The lowest BCUT2D eigenvalue weighted by atomic mass is 10.2. The average molecular weight is 422 g/mol. The van der Waals surface area contributed by atoms with E-state index in [2.05, 4.69) is 15.0 Å². The molecule has 11 nitrogen and oxygen atoms in total. The third kappa shape index (κ3) is 4.54. The van der Waals surface area contributed by atoms with Crippen LogP contribution in [0.5, 0.6) is 11.5 Å². The van der Waals surface area contributed by atoms with Crippen LogP contribution in [0.15, 0.2) is 12.1 Å². The van der Waals surface area contributed by atoms with E-state index in [1.54, 1.807) is 14.0 Å². The van der Waals surface area contributed by atoms with Gasteiger partial charge in [-0.05, 0) is 18.5 Å². The maximum Gasteiger partial charge on any atom is 0.343 e. The number of nitrogens with zero attached hydrogens (tertiary/aromatic N) is 2. The van der Waals surface area contributed by atoms with Crippen molar-refractivity contribution in [3.05, 3.63) is 33.5 Å². The van der Waals surface area contributed by atoms with Crippen LogP contribution in [0.25, 0.3) is 0 Å². The van der Waals surface area contributed by atoms with Gasteiger partial charge in [-0.15, -0.1) is 0 Å². The molecule has 0 aliphatic carbocycles. The number of aryl methyl sites for hydroxylation is 1. The molecule has 12 heteroatoms. The summed E-state index contributed by atoms with van der Waals surface area (Å²) in [6.07, 6.45) is 0.631. The van der Waals surface area contributed by atoms with Crippen molar-refractivity contribution >= 4 is 39.8 Å². The van der Waals surface area contributed by atoms with E-state index in [0.717, 1.165) is 11.5 Å². The van der Waals surface area contributed by atoms with Crippen molar-refractivity contribution in [1.29, 1.82) is 0 Å². The van der Waals surface area contributed by atoms with Crippen LogP contribution >= 0.6 is 11.5 Å². The molecule has 0 radical (unpaired) electrons. The summed E-state index contributed by atoms with van der Waals surface area (Å²) < 4.78 is 20.0. The van der Waals surface area contributed by atoms with Crippen LogP contribution in [0.2, 0.25) is 0 Å². The van der Waals surface area contributed by atoms with Gasteiger partial charge in [-0.25, -0.2) is 4.79 Å². The fraction of sp³-hybridized carbons (Fsp3) is 0.353. The summed E-state index contributed by atoms with van der Waals surface area (Å²) in [5.41, 5.74) is 0.282. The number of hydrogen-bond donors (Lipinski definition) is 2. The lowest BCUT2D eigenvalue weighted by Crippen LogP contribution is -2.22. The summed E-state index contributed by atoms with van der Waals surface area (Å²) in [5.74, 6) is -0.926. The van der Waals surface area contributed by atoms with Crippen molar-refractivity contribution in [3.63, 3.8) is 0 Å². The fourth-order valence-electron chi connectivity index (χ4n) is 2.62. The maximum absolute atomic E-state index is 12.2. The van der Waals surface area contributed by atoms with Crippen LogP contribution in [-0.4, -0.2) is 48.0 Å². The first kappa shape index (κ1) is 20.3. The zero-order valence-electron chi connectivity index (χ0n) is 15.6. The number of fused-ring (bicyclic) bond motifs is 1. The van der Waals surface area contributed by atoms with E-state index in [9.17, 15) is 19.7 Å². The Balaban J connectivity index is 1.71. The van der Waals surface area contributed by atoms with Gasteiger partial charge in [-0.2, -0.15) is 4.37 Å². The Hall–Kier alpha value is -3.41. The quantitative estimate of drug-likeness (QED) is 0.407. The van der Waals surface area contributed by atoms with Crippen LogP contribution in [0.4, 0.5) is 16.4 Å². The molecule has 1 aromatic heterocycles. The summed E-state index contributed by atoms with van der Waals surface area (Å²) in [6, 6.07) is 2.52. The highest BCUT2D eigenvalue weighted by Gasteiger charge is 2.24. The molecule has 0 unspecified atom stereocenters. The first-order chi connectivity index (χ1) is 13.9. The number of nitro benzene ring substituents is 1. The van der Waals surface area contributed by atoms with E-state index in [1.807, 2.05) is 0 Å². The first-order valence-electron chi connectivity index (χ1n) is 8.59. The van der Waals surface area contributed by atoms with Crippen molar-refractivity contribution in [2.24, 2.45) is 0 Å². The highest BCUT2D eigenvalue weighted by atomic mass is 32.1. The van der Waals surface area contributed by atoms with E-state index < -0.39 is 23.4 Å². The molecule has 0 saturated carbocycles. The van der Waals surface area contributed by atoms with E-state index in [1.165, 1.54) is 12.1 Å². The topological polar surface area (TPSA) is 142 Å². The molecule has 0 fully saturated rings. The Morgan fingerprint density at radius 2 is 2.00 bits per heavy atom. The molecule has 1 amide bonds. The molecule has 0 atom stereocenters. The number of nitrogens with one attached hydrogen (secondary N) is 2. The lowest BCUT2D eigenvalue weighted by Gasteiger charge is -2.11. The number of aromatic nitrogens is 1. The maximum atomic E-state index is 12.2. The molecule has 0 spiro atoms. The molecule has 1 aliphatic heterocycles. The zero-order valence-corrected chi connectivity index (χ0v) is 16.5. The Bertz CT molecular complexity index is 959. The highest BCUT2D eigenvalue weighted by Crippen LogP contribution is 2.39. The third-order valence-corrected chi connectivity index (χ3v) is 4.92. The van der Waals surface area contributed by atoms with Crippen LogP contribution in [0, 0.1) is 17.0 Å². The summed E-state index contributed by atoms with van der Waals surface area (Å²) in [7, 11) is 1.64. The van der Waals surface area contributed by atoms with Crippen molar-refractivity contribution in [3.8, 4) is 11.5 Å². The SMILES string of the molecule is CNc1snc(C)c1C(=O)OCC(=O)Nc1cc2c(cc1[N+](=O)[O-])OCCCO2. The number of anilines is 2. The minimum atomic E-state index is -0.734. The third-order valence-electron chi connectivity index (χ3n) is 3.96. The van der Waals surface area contributed by atoms with Gasteiger partial charge in [0.05, 0.1) is 29.9 Å². The zero-order chi connectivity index (χ0) is 21.0. The Morgan fingerprint density at radius 1 is 1.31 bits per heavy atom. The number of esters is 1. The average Bonchev–Trinajstić information content (AvgIpc) is 2.91. The normalized spacial score (nSPS) is 12.6. The molecule has 1 aliphatic rings. The summed E-state index contributed by atoms with van der Waals surface area (Å²) in [5, 5.41) is 17.1. The second-order valence-corrected chi connectivity index (χ2v) is 6.74. The second-order valence-electron chi connectivity index (χ2n) is 5.97. The van der Waals surface area contributed by atoms with E-state index in [-0.39, 0.29) is 22.7 Å². The molecule has 0 bridgehead atoms. The standard InChI is InChI=1S/C17H18N4O7S/c1-9-15(16(18-2)29-20-9)17(23)28-8-14(22)19-10-6-12-13(7-11(10)21(24)25)27-5-3-4-26-12/h6-7,18H,3-5,8H2,1-2H3,(H,19,22). The van der Waals surface area contributed by atoms with Crippen LogP contribution < -0.4 is 20.1 Å². The second kappa shape index (κ2) is 8.73. The Labute approximate surface area is 169 Å². The van der Waals surface area contributed by atoms with E-state index in [0.29, 0.717) is 36.1 Å². The Morgan fingerprint density at radius 3 is 2.66 bits per heavy atom. The monoisotopic (exact) mass is 422 g/mol. The highest BCUT2D eigenvalue weighted by molar-refractivity contribution is 7.10. The number of ether oxygens (including phenoxy) is 3. The van der Waals surface area contributed by atoms with Crippen LogP contribution in [-0.2, 0) is 9.53 Å². The van der Waals surface area contributed by atoms with Gasteiger partial charge in [0.15, 0.2) is 18.1 Å². The minimum absolute atomic E-state index is 0.0791. The fourth-order valence-corrected chi connectivity index (χ4v) is 3.35. The number of carbonyl (C=O) groups excluding carboxylic acids is 2. The molecule has 2 aromatic rings. The molecule has 0 saturated heterocycles. The van der Waals surface area contributed by atoms with Crippen LogP contribution in [0.3, 0.4) is 0 Å². The van der Waals surface area contributed by atoms with Crippen molar-refractivity contribution < 1.29 is 28.7 Å². The summed E-state index contributed by atoms with van der Waals surface area (Å²) >= 11 is 1.10. The molecule has 1 aromatic carbocycles. The van der Waals surface area contributed by atoms with Gasteiger partial charge in [-0.3, -0.25) is 14.9 Å². The van der Waals surface area contributed by atoms with Gasteiger partial charge in [0.25, 0.3) is 11.6 Å². The van der Waals surface area contributed by atoms with Crippen molar-refractivity contribution in [1.82, 2.24) is 4.37 Å². The van der Waals surface area contributed by atoms with Gasteiger partial charge in [0, 0.05) is 19.5 Å². The number of hydrogen-bond acceptors (Lipinski definition) is 10. The smallest absolute Gasteiger partial charge is 0.343 e. The van der Waals surface area contributed by atoms with Gasteiger partial charge >= 0.3 is 5.97 Å².